The van der Waals surface area contributed by atoms with Gasteiger partial charge < -0.3 is 0 Å². The van der Waals surface area contributed by atoms with Crippen LogP contribution in [0.25, 0.3) is 0 Å². The van der Waals surface area contributed by atoms with Gasteiger partial charge in [-0.15, -0.1) is 0 Å². The Hall–Kier alpha value is -0.920. The molecule has 0 aromatic heterocycles. The van der Waals surface area contributed by atoms with Gasteiger partial charge in [-0.25, -0.2) is 0 Å². The Balaban J connectivity index is 1.95. The van der Waals surface area contributed by atoms with E-state index in [1.54, 1.807) is 0 Å². The quantitative estimate of drug-likeness (QED) is 0.624. The van der Waals surface area contributed by atoms with Crippen LogP contribution in [0.4, 0.5) is 0 Å². The second-order valence-electron chi connectivity index (χ2n) is 9.78. The third-order valence-corrected chi connectivity index (χ3v) is 8.93. The summed E-state index contributed by atoms with van der Waals surface area (Å²) in [6, 6.07) is 0. The summed E-state index contributed by atoms with van der Waals surface area (Å²) < 4.78 is 0. The van der Waals surface area contributed by atoms with Gasteiger partial charge in [0.2, 0.25) is 0 Å². The molecule has 120 valence electrons. The highest BCUT2D eigenvalue weighted by atomic mass is 16.1. The number of fused-ring (bicyclic) bond motifs is 4. The molecule has 2 heteroatoms. The first-order valence-corrected chi connectivity index (χ1v) is 8.84. The van der Waals surface area contributed by atoms with Crippen molar-refractivity contribution < 1.29 is 9.59 Å². The Bertz CT molecular complexity index is 595. The summed E-state index contributed by atoms with van der Waals surface area (Å²) in [6.07, 6.45) is 4.12. The molecule has 4 atom stereocenters. The minimum Gasteiger partial charge on any atom is -0.294 e. The molecule has 0 aromatic rings. The average molecular weight is 300 g/mol. The van der Waals surface area contributed by atoms with Crippen molar-refractivity contribution in [2.45, 2.75) is 67.2 Å². The molecule has 0 aliphatic heterocycles. The van der Waals surface area contributed by atoms with Crippen LogP contribution in [0.15, 0.2) is 11.1 Å². The van der Waals surface area contributed by atoms with Crippen LogP contribution in [0, 0.1) is 33.5 Å². The van der Waals surface area contributed by atoms with E-state index in [1.807, 2.05) is 0 Å². The lowest BCUT2D eigenvalue weighted by atomic mass is 9.70. The average Bonchev–Trinajstić information content (AvgIpc) is 2.90. The maximum atomic E-state index is 13.2. The van der Waals surface area contributed by atoms with Gasteiger partial charge >= 0.3 is 0 Å². The highest BCUT2D eigenvalue weighted by Gasteiger charge is 2.70. The summed E-state index contributed by atoms with van der Waals surface area (Å²) in [5, 5.41) is 0. The van der Waals surface area contributed by atoms with E-state index in [1.165, 1.54) is 0 Å². The Kier molecular flexibility index (Phi) is 2.40. The molecule has 0 amide bonds. The van der Waals surface area contributed by atoms with E-state index in [4.69, 9.17) is 0 Å². The van der Waals surface area contributed by atoms with Gasteiger partial charge in [-0.3, -0.25) is 9.59 Å². The number of ketones is 2. The summed E-state index contributed by atoms with van der Waals surface area (Å²) in [5.74, 6) is 1.18. The minimum absolute atomic E-state index is 0.000419. The Morgan fingerprint density at radius 3 is 1.23 bits per heavy atom. The van der Waals surface area contributed by atoms with Gasteiger partial charge in [-0.2, -0.15) is 0 Å². The van der Waals surface area contributed by atoms with Gasteiger partial charge in [0.05, 0.1) is 0 Å². The second-order valence-corrected chi connectivity index (χ2v) is 9.78. The molecule has 0 spiro atoms. The van der Waals surface area contributed by atoms with Crippen LogP contribution in [0.2, 0.25) is 0 Å². The van der Waals surface area contributed by atoms with Gasteiger partial charge in [0, 0.05) is 22.0 Å². The number of carbonyl (C=O) groups is 2. The lowest BCUT2D eigenvalue weighted by Gasteiger charge is -2.31. The highest BCUT2D eigenvalue weighted by molar-refractivity contribution is 6.15. The molecule has 0 saturated heterocycles. The molecular formula is C20H28O2. The van der Waals surface area contributed by atoms with Crippen molar-refractivity contribution in [3.05, 3.63) is 11.1 Å². The van der Waals surface area contributed by atoms with Crippen molar-refractivity contribution in [2.75, 3.05) is 0 Å². The number of allylic oxidation sites excluding steroid dienone is 2. The van der Waals surface area contributed by atoms with E-state index >= 15 is 0 Å². The van der Waals surface area contributed by atoms with E-state index < -0.39 is 0 Å². The zero-order chi connectivity index (χ0) is 16.3. The van der Waals surface area contributed by atoms with Crippen LogP contribution in [-0.4, -0.2) is 11.6 Å². The molecule has 4 saturated carbocycles. The summed E-state index contributed by atoms with van der Waals surface area (Å²) in [7, 11) is 0. The molecule has 0 heterocycles. The summed E-state index contributed by atoms with van der Waals surface area (Å²) in [6.45, 7) is 13.2. The topological polar surface area (TPSA) is 34.1 Å². The molecule has 2 nitrogen and oxygen atoms in total. The van der Waals surface area contributed by atoms with Gasteiger partial charge in [-0.05, 0) is 48.3 Å². The molecule has 0 aromatic carbocycles. The molecule has 0 radical (unpaired) electrons. The lowest BCUT2D eigenvalue weighted by molar-refractivity contribution is -0.127. The van der Waals surface area contributed by atoms with Crippen LogP contribution in [-0.2, 0) is 9.59 Å². The van der Waals surface area contributed by atoms with Crippen LogP contribution in [0.5, 0.6) is 0 Å². The first-order valence-electron chi connectivity index (χ1n) is 8.84. The predicted octanol–water partition coefficient (Wildman–Crippen LogP) is 4.33. The highest BCUT2D eigenvalue weighted by Crippen LogP contribution is 2.71. The molecule has 4 aliphatic carbocycles. The maximum Gasteiger partial charge on any atom is 0.165 e. The van der Waals surface area contributed by atoms with Gasteiger partial charge in [0.25, 0.3) is 0 Å². The summed E-state index contributed by atoms with van der Waals surface area (Å²) >= 11 is 0. The van der Waals surface area contributed by atoms with E-state index in [0.29, 0.717) is 23.4 Å². The minimum atomic E-state index is -0.257. The second kappa shape index (κ2) is 3.60. The standard InChI is InChI=1S/C20H28O2/c1-17(2)11-7-9-19(17,5)15(21)13(11)14-12-8-10-20(6,16(14)22)18(12,3)4/h11-12H,7-10H2,1-6H3/b14-13-. The number of hydrogen-bond acceptors (Lipinski definition) is 2. The van der Waals surface area contributed by atoms with Crippen LogP contribution in [0.3, 0.4) is 0 Å². The van der Waals surface area contributed by atoms with Crippen molar-refractivity contribution >= 4 is 11.6 Å². The molecule has 0 N–H and O–H groups in total. The summed E-state index contributed by atoms with van der Waals surface area (Å²) in [5.41, 5.74) is 1.38. The van der Waals surface area contributed by atoms with E-state index in [0.717, 1.165) is 36.8 Å². The fourth-order valence-corrected chi connectivity index (χ4v) is 6.35. The monoisotopic (exact) mass is 300 g/mol. The Morgan fingerprint density at radius 2 is 1.00 bits per heavy atom. The molecule has 4 bridgehead atoms. The van der Waals surface area contributed by atoms with Crippen molar-refractivity contribution in [3.63, 3.8) is 0 Å². The largest absolute Gasteiger partial charge is 0.294 e. The van der Waals surface area contributed by atoms with Crippen LogP contribution in [0.1, 0.15) is 67.2 Å². The smallest absolute Gasteiger partial charge is 0.165 e. The molecule has 4 fully saturated rings. The van der Waals surface area contributed by atoms with Crippen molar-refractivity contribution in [2.24, 2.45) is 33.5 Å². The van der Waals surface area contributed by atoms with Crippen molar-refractivity contribution in [3.8, 4) is 0 Å². The summed E-state index contributed by atoms with van der Waals surface area (Å²) in [4.78, 5) is 26.4. The SMILES string of the molecule is CC12CCC(/C(=C3/C(=O)C4(C)CCC3C4(C)C)C1=O)C2(C)C. The molecule has 4 rings (SSSR count). The first kappa shape index (κ1) is 14.7. The third-order valence-electron chi connectivity index (χ3n) is 8.93. The van der Waals surface area contributed by atoms with E-state index in [-0.39, 0.29) is 21.7 Å². The fourth-order valence-electron chi connectivity index (χ4n) is 6.35. The lowest BCUT2D eigenvalue weighted by Crippen LogP contribution is -2.33. The normalized spacial score (nSPS) is 51.2. The van der Waals surface area contributed by atoms with Crippen LogP contribution >= 0.6 is 0 Å². The fraction of sp³-hybridized carbons (Fsp3) is 0.800. The molecular weight excluding hydrogens is 272 g/mol. The number of Topliss-reactive ketones (excluding diaryl/α,β-unsaturated/α-hetero) is 2. The van der Waals surface area contributed by atoms with Gasteiger partial charge in [0.1, 0.15) is 0 Å². The number of carbonyl (C=O) groups excluding carboxylic acids is 2. The maximum absolute atomic E-state index is 13.2. The number of hydrogen-bond donors (Lipinski definition) is 0. The van der Waals surface area contributed by atoms with Crippen molar-refractivity contribution in [1.29, 1.82) is 0 Å². The predicted molar refractivity (Wildman–Crippen MR) is 86.3 cm³/mol. The van der Waals surface area contributed by atoms with E-state index in [2.05, 4.69) is 41.5 Å². The Morgan fingerprint density at radius 1 is 0.682 bits per heavy atom. The van der Waals surface area contributed by atoms with E-state index in [9.17, 15) is 9.59 Å². The molecule has 4 aliphatic rings. The van der Waals surface area contributed by atoms with Crippen LogP contribution < -0.4 is 0 Å². The zero-order valence-electron chi connectivity index (χ0n) is 14.8. The molecule has 4 unspecified atom stereocenters. The Labute approximate surface area is 133 Å². The van der Waals surface area contributed by atoms with Crippen molar-refractivity contribution in [1.82, 2.24) is 0 Å². The number of rotatable bonds is 0. The van der Waals surface area contributed by atoms with Gasteiger partial charge in [-0.1, -0.05) is 41.5 Å². The van der Waals surface area contributed by atoms with Gasteiger partial charge in [0.15, 0.2) is 11.6 Å². The molecule has 22 heavy (non-hydrogen) atoms. The zero-order valence-corrected chi connectivity index (χ0v) is 14.8. The first-order chi connectivity index (χ1) is 10.00. The third kappa shape index (κ3) is 1.17.